The number of carboxylic acids is 1. The Morgan fingerprint density at radius 3 is 2.27 bits per heavy atom. The number of hydrogen-bond acceptors (Lipinski definition) is 2. The summed E-state index contributed by atoms with van der Waals surface area (Å²) in [4.78, 5) is 10.9. The van der Waals surface area contributed by atoms with E-state index in [4.69, 9.17) is 10.2 Å². The van der Waals surface area contributed by atoms with Gasteiger partial charge in [0.1, 0.15) is 6.61 Å². The Hall–Kier alpha value is -1.79. The van der Waals surface area contributed by atoms with Crippen molar-refractivity contribution in [3.05, 3.63) is 34.4 Å². The number of aryl methyl sites for hydroxylation is 2. The van der Waals surface area contributed by atoms with Crippen LogP contribution in [-0.2, 0) is 0 Å². The normalized spacial score (nSPS) is 9.27. The molecule has 0 spiro atoms. The van der Waals surface area contributed by atoms with Gasteiger partial charge in [0.2, 0.25) is 0 Å². The number of rotatable bonds is 1. The lowest BCUT2D eigenvalue weighted by Crippen LogP contribution is -2.03. The first-order valence-electron chi connectivity index (χ1n) is 4.50. The molecule has 0 aliphatic heterocycles. The Morgan fingerprint density at radius 2 is 1.87 bits per heavy atom. The van der Waals surface area contributed by atoms with E-state index in [1.54, 1.807) is 26.0 Å². The lowest BCUT2D eigenvalue weighted by atomic mass is 9.99. The number of aliphatic hydroxyl groups excluding tert-OH is 1. The van der Waals surface area contributed by atoms with Gasteiger partial charge in [-0.1, -0.05) is 11.8 Å². The van der Waals surface area contributed by atoms with Crippen molar-refractivity contribution in [1.82, 2.24) is 0 Å². The van der Waals surface area contributed by atoms with E-state index in [2.05, 4.69) is 11.8 Å². The van der Waals surface area contributed by atoms with Crippen LogP contribution < -0.4 is 0 Å². The van der Waals surface area contributed by atoms with Crippen LogP contribution in [0.15, 0.2) is 12.1 Å². The third-order valence-corrected chi connectivity index (χ3v) is 2.06. The monoisotopic (exact) mass is 204 g/mol. The van der Waals surface area contributed by atoms with Gasteiger partial charge >= 0.3 is 5.97 Å². The molecule has 0 bridgehead atoms. The third-order valence-electron chi connectivity index (χ3n) is 2.06. The molecule has 0 unspecified atom stereocenters. The molecule has 0 radical (unpaired) electrons. The third kappa shape index (κ3) is 2.58. The molecule has 1 rings (SSSR count). The van der Waals surface area contributed by atoms with Crippen molar-refractivity contribution in [3.8, 4) is 11.8 Å². The zero-order chi connectivity index (χ0) is 11.4. The van der Waals surface area contributed by atoms with Crippen molar-refractivity contribution in [1.29, 1.82) is 0 Å². The molecule has 1 aromatic rings. The molecule has 0 saturated heterocycles. The topological polar surface area (TPSA) is 57.5 Å². The largest absolute Gasteiger partial charge is 0.478 e. The molecule has 0 heterocycles. The highest BCUT2D eigenvalue weighted by Crippen LogP contribution is 2.16. The molecule has 3 nitrogen and oxygen atoms in total. The van der Waals surface area contributed by atoms with Crippen LogP contribution in [-0.4, -0.2) is 22.8 Å². The second-order valence-electron chi connectivity index (χ2n) is 3.25. The zero-order valence-electron chi connectivity index (χ0n) is 8.66. The first-order chi connectivity index (χ1) is 7.06. The Bertz CT molecular complexity index is 427. The lowest BCUT2D eigenvalue weighted by Gasteiger charge is -2.05. The van der Waals surface area contributed by atoms with Crippen LogP contribution in [0.4, 0.5) is 0 Å². The van der Waals surface area contributed by atoms with Crippen molar-refractivity contribution in [2.75, 3.05) is 6.61 Å². The van der Waals surface area contributed by atoms with E-state index in [9.17, 15) is 4.79 Å². The van der Waals surface area contributed by atoms with Gasteiger partial charge in [0, 0.05) is 5.56 Å². The van der Waals surface area contributed by atoms with Crippen molar-refractivity contribution in [2.24, 2.45) is 0 Å². The summed E-state index contributed by atoms with van der Waals surface area (Å²) in [5, 5.41) is 17.5. The standard InChI is InChI=1S/C12H12O3/c1-8-6-10(4-3-5-13)7-9(2)11(8)12(14)15/h6-7,13H,5H2,1-2H3,(H,14,15). The molecular formula is C12H12O3. The van der Waals surface area contributed by atoms with Gasteiger partial charge in [-0.05, 0) is 37.1 Å². The van der Waals surface area contributed by atoms with Crippen molar-refractivity contribution in [2.45, 2.75) is 13.8 Å². The molecule has 1 aromatic carbocycles. The Kier molecular flexibility index (Phi) is 3.48. The molecule has 0 fully saturated rings. The molecular weight excluding hydrogens is 192 g/mol. The average Bonchev–Trinajstić information content (AvgIpc) is 2.12. The Balaban J connectivity index is 3.25. The van der Waals surface area contributed by atoms with E-state index in [1.165, 1.54) is 0 Å². The van der Waals surface area contributed by atoms with Gasteiger partial charge in [-0.15, -0.1) is 0 Å². The molecule has 0 aliphatic carbocycles. The van der Waals surface area contributed by atoms with Crippen molar-refractivity contribution < 1.29 is 15.0 Å². The number of aliphatic hydroxyl groups is 1. The second kappa shape index (κ2) is 4.63. The number of hydrogen-bond donors (Lipinski definition) is 2. The molecule has 0 saturated carbocycles. The molecule has 3 heteroatoms. The van der Waals surface area contributed by atoms with Crippen LogP contribution in [0.1, 0.15) is 27.0 Å². The maximum absolute atomic E-state index is 10.9. The zero-order valence-corrected chi connectivity index (χ0v) is 8.66. The Morgan fingerprint density at radius 1 is 1.33 bits per heavy atom. The average molecular weight is 204 g/mol. The molecule has 0 aromatic heterocycles. The van der Waals surface area contributed by atoms with Gasteiger partial charge in [0.05, 0.1) is 5.56 Å². The summed E-state index contributed by atoms with van der Waals surface area (Å²) in [5.41, 5.74) is 2.42. The van der Waals surface area contributed by atoms with E-state index in [0.29, 0.717) is 16.7 Å². The summed E-state index contributed by atoms with van der Waals surface area (Å²) in [6, 6.07) is 3.41. The molecule has 2 N–H and O–H groups in total. The number of carbonyl (C=O) groups is 1. The fourth-order valence-corrected chi connectivity index (χ4v) is 1.51. The molecule has 78 valence electrons. The quantitative estimate of drug-likeness (QED) is 0.679. The first kappa shape index (κ1) is 11.3. The van der Waals surface area contributed by atoms with Gasteiger partial charge in [-0.3, -0.25) is 0 Å². The van der Waals surface area contributed by atoms with Crippen LogP contribution in [0.3, 0.4) is 0 Å². The minimum atomic E-state index is -0.924. The highest BCUT2D eigenvalue weighted by atomic mass is 16.4. The highest BCUT2D eigenvalue weighted by molar-refractivity contribution is 5.91. The van der Waals surface area contributed by atoms with E-state index in [-0.39, 0.29) is 6.61 Å². The van der Waals surface area contributed by atoms with Gasteiger partial charge in [0.25, 0.3) is 0 Å². The Labute approximate surface area is 88.4 Å². The summed E-state index contributed by atoms with van der Waals surface area (Å²) in [6.45, 7) is 3.28. The van der Waals surface area contributed by atoms with Crippen LogP contribution in [0, 0.1) is 25.7 Å². The predicted octanol–water partition coefficient (Wildman–Crippen LogP) is 1.35. The predicted molar refractivity (Wildman–Crippen MR) is 56.8 cm³/mol. The fourth-order valence-electron chi connectivity index (χ4n) is 1.51. The molecule has 0 aliphatic rings. The maximum Gasteiger partial charge on any atom is 0.336 e. The SMILES string of the molecule is Cc1cc(C#CCO)cc(C)c1C(=O)O. The van der Waals surface area contributed by atoms with Gasteiger partial charge in [0.15, 0.2) is 0 Å². The number of aromatic carboxylic acids is 1. The summed E-state index contributed by atoms with van der Waals surface area (Å²) < 4.78 is 0. The van der Waals surface area contributed by atoms with Crippen LogP contribution in [0.2, 0.25) is 0 Å². The summed E-state index contributed by atoms with van der Waals surface area (Å²) in [5.74, 6) is 4.35. The van der Waals surface area contributed by atoms with Crippen LogP contribution in [0.25, 0.3) is 0 Å². The smallest absolute Gasteiger partial charge is 0.336 e. The first-order valence-corrected chi connectivity index (χ1v) is 4.50. The number of benzene rings is 1. The molecule has 15 heavy (non-hydrogen) atoms. The van der Waals surface area contributed by atoms with Gasteiger partial charge in [-0.2, -0.15) is 0 Å². The van der Waals surface area contributed by atoms with Crippen molar-refractivity contribution >= 4 is 5.97 Å². The van der Waals surface area contributed by atoms with E-state index >= 15 is 0 Å². The van der Waals surface area contributed by atoms with Crippen LogP contribution in [0.5, 0.6) is 0 Å². The summed E-state index contributed by atoms with van der Waals surface area (Å²) in [6.07, 6.45) is 0. The summed E-state index contributed by atoms with van der Waals surface area (Å²) >= 11 is 0. The minimum Gasteiger partial charge on any atom is -0.478 e. The molecule has 0 atom stereocenters. The van der Waals surface area contributed by atoms with Gasteiger partial charge in [-0.25, -0.2) is 4.79 Å². The van der Waals surface area contributed by atoms with E-state index in [1.807, 2.05) is 0 Å². The maximum atomic E-state index is 10.9. The van der Waals surface area contributed by atoms with Crippen LogP contribution >= 0.6 is 0 Å². The lowest BCUT2D eigenvalue weighted by molar-refractivity contribution is 0.0695. The number of carboxylic acid groups (broad SMARTS) is 1. The second-order valence-corrected chi connectivity index (χ2v) is 3.25. The van der Waals surface area contributed by atoms with E-state index in [0.717, 1.165) is 5.56 Å². The minimum absolute atomic E-state index is 0.196. The van der Waals surface area contributed by atoms with Crippen molar-refractivity contribution in [3.63, 3.8) is 0 Å². The molecule has 0 amide bonds. The summed E-state index contributed by atoms with van der Waals surface area (Å²) in [7, 11) is 0. The highest BCUT2D eigenvalue weighted by Gasteiger charge is 2.10. The fraction of sp³-hybridized carbons (Fsp3) is 0.250. The van der Waals surface area contributed by atoms with E-state index < -0.39 is 5.97 Å². The van der Waals surface area contributed by atoms with Gasteiger partial charge < -0.3 is 10.2 Å².